The average Bonchev–Trinajstić information content (AvgIpc) is 3.23. The van der Waals surface area contributed by atoms with Gasteiger partial charge in [-0.25, -0.2) is 4.98 Å². The second-order valence-corrected chi connectivity index (χ2v) is 10.8. The molecule has 1 aliphatic heterocycles. The number of carbonyl (C=O) groups is 1. The van der Waals surface area contributed by atoms with Gasteiger partial charge in [-0.2, -0.15) is 0 Å². The van der Waals surface area contributed by atoms with Crippen LogP contribution >= 0.6 is 22.9 Å². The van der Waals surface area contributed by atoms with E-state index in [0.29, 0.717) is 42.6 Å². The predicted molar refractivity (Wildman–Crippen MR) is 131 cm³/mol. The summed E-state index contributed by atoms with van der Waals surface area (Å²) in [6, 6.07) is 5.49. The molecule has 2 heterocycles. The van der Waals surface area contributed by atoms with E-state index < -0.39 is 0 Å². The van der Waals surface area contributed by atoms with Crippen LogP contribution in [0.5, 0.6) is 5.75 Å². The topological polar surface area (TPSA) is 75.1 Å². The zero-order valence-electron chi connectivity index (χ0n) is 19.7. The van der Waals surface area contributed by atoms with Gasteiger partial charge in [0.2, 0.25) is 5.91 Å². The molecule has 0 spiro atoms. The van der Waals surface area contributed by atoms with Gasteiger partial charge >= 0.3 is 0 Å². The van der Waals surface area contributed by atoms with E-state index in [4.69, 9.17) is 21.1 Å². The van der Waals surface area contributed by atoms with Crippen molar-refractivity contribution in [2.75, 3.05) is 39.4 Å². The molecule has 0 saturated carbocycles. The predicted octanol–water partition coefficient (Wildman–Crippen LogP) is 3.96. The molecule has 182 valence electrons. The maximum Gasteiger partial charge on any atom is 0.223 e. The first-order valence-corrected chi connectivity index (χ1v) is 12.5. The third-order valence-electron chi connectivity index (χ3n) is 5.32. The lowest BCUT2D eigenvalue weighted by Crippen LogP contribution is -2.43. The van der Waals surface area contributed by atoms with Crippen molar-refractivity contribution in [2.45, 2.75) is 47.0 Å². The van der Waals surface area contributed by atoms with Gasteiger partial charge < -0.3 is 19.5 Å². The highest BCUT2D eigenvalue weighted by molar-refractivity contribution is 7.09. The smallest absolute Gasteiger partial charge is 0.223 e. The van der Waals surface area contributed by atoms with Crippen molar-refractivity contribution in [3.63, 3.8) is 0 Å². The average molecular weight is 496 g/mol. The standard InChI is InChI=1S/C24H34ClN3O4S/c1-24(2,3)13-23(30)28(7-6-27-8-10-31-11-9-27)14-18-12-19(25)4-5-21(18)32-16-22-26-20(15-29)17-33-22/h4-5,12,17,29H,6-11,13-16H2,1-3H3. The maximum atomic E-state index is 13.2. The lowest BCUT2D eigenvalue weighted by Gasteiger charge is -2.32. The summed E-state index contributed by atoms with van der Waals surface area (Å²) in [4.78, 5) is 21.8. The van der Waals surface area contributed by atoms with Crippen LogP contribution in [0.4, 0.5) is 0 Å². The first-order chi connectivity index (χ1) is 15.7. The normalized spacial score (nSPS) is 14.9. The summed E-state index contributed by atoms with van der Waals surface area (Å²) in [6.07, 6.45) is 0.468. The van der Waals surface area contributed by atoms with E-state index in [0.717, 1.165) is 43.4 Å². The van der Waals surface area contributed by atoms with Crippen LogP contribution in [0.25, 0.3) is 0 Å². The molecule has 1 aromatic heterocycles. The molecule has 1 N–H and O–H groups in total. The molecular weight excluding hydrogens is 462 g/mol. The molecule has 7 nitrogen and oxygen atoms in total. The Hall–Kier alpha value is -1.71. The zero-order chi connectivity index (χ0) is 23.8. The summed E-state index contributed by atoms with van der Waals surface area (Å²) >= 11 is 7.75. The van der Waals surface area contributed by atoms with Crippen molar-refractivity contribution in [1.29, 1.82) is 0 Å². The number of benzene rings is 1. The molecule has 0 atom stereocenters. The zero-order valence-corrected chi connectivity index (χ0v) is 21.3. The lowest BCUT2D eigenvalue weighted by molar-refractivity contribution is -0.134. The van der Waals surface area contributed by atoms with Gasteiger partial charge in [-0.15, -0.1) is 11.3 Å². The van der Waals surface area contributed by atoms with Crippen molar-refractivity contribution < 1.29 is 19.4 Å². The molecule has 0 bridgehead atoms. The SMILES string of the molecule is CC(C)(C)CC(=O)N(CCN1CCOCC1)Cc1cc(Cl)ccc1OCc1nc(CO)cs1. The molecule has 33 heavy (non-hydrogen) atoms. The minimum Gasteiger partial charge on any atom is -0.486 e. The summed E-state index contributed by atoms with van der Waals surface area (Å²) in [5.74, 6) is 0.800. The molecule has 1 saturated heterocycles. The minimum atomic E-state index is -0.1000. The Bertz CT molecular complexity index is 909. The third kappa shape index (κ3) is 8.54. The largest absolute Gasteiger partial charge is 0.486 e. The Balaban J connectivity index is 1.73. The number of nitrogens with zero attached hydrogens (tertiary/aromatic N) is 3. The van der Waals surface area contributed by atoms with E-state index in [1.807, 2.05) is 22.4 Å². The van der Waals surface area contributed by atoms with Gasteiger partial charge in [-0.1, -0.05) is 32.4 Å². The Morgan fingerprint density at radius 1 is 1.33 bits per heavy atom. The van der Waals surface area contributed by atoms with Gasteiger partial charge in [0.25, 0.3) is 0 Å². The van der Waals surface area contributed by atoms with Gasteiger partial charge in [0.1, 0.15) is 17.4 Å². The van der Waals surface area contributed by atoms with Crippen molar-refractivity contribution in [3.8, 4) is 5.75 Å². The number of aliphatic hydroxyl groups excluding tert-OH is 1. The number of morpholine rings is 1. The molecule has 1 amide bonds. The molecule has 9 heteroatoms. The van der Waals surface area contributed by atoms with Crippen molar-refractivity contribution in [1.82, 2.24) is 14.8 Å². The third-order valence-corrected chi connectivity index (χ3v) is 6.43. The van der Waals surface area contributed by atoms with Crippen LogP contribution in [0.3, 0.4) is 0 Å². The Morgan fingerprint density at radius 3 is 2.76 bits per heavy atom. The number of ether oxygens (including phenoxy) is 2. The number of hydrogen-bond acceptors (Lipinski definition) is 7. The first kappa shape index (κ1) is 25.9. The number of rotatable bonds is 10. The number of halogens is 1. The Labute approximate surface area is 205 Å². The van der Waals surface area contributed by atoms with Crippen LogP contribution in [0, 0.1) is 5.41 Å². The highest BCUT2D eigenvalue weighted by Crippen LogP contribution is 2.27. The van der Waals surface area contributed by atoms with Crippen LogP contribution in [0.15, 0.2) is 23.6 Å². The van der Waals surface area contributed by atoms with Gasteiger partial charge in [0.05, 0.1) is 25.5 Å². The van der Waals surface area contributed by atoms with Crippen molar-refractivity contribution >= 4 is 28.8 Å². The fraction of sp³-hybridized carbons (Fsp3) is 0.583. The lowest BCUT2D eigenvalue weighted by atomic mass is 9.91. The first-order valence-electron chi connectivity index (χ1n) is 11.3. The highest BCUT2D eigenvalue weighted by Gasteiger charge is 2.23. The Kier molecular flexibility index (Phi) is 9.52. The van der Waals surface area contributed by atoms with Gasteiger partial charge in [-0.05, 0) is 23.6 Å². The van der Waals surface area contributed by atoms with E-state index in [1.165, 1.54) is 11.3 Å². The number of aliphatic hydroxyl groups is 1. The number of hydrogen-bond donors (Lipinski definition) is 1. The molecule has 0 radical (unpaired) electrons. The second-order valence-electron chi connectivity index (χ2n) is 9.44. The summed E-state index contributed by atoms with van der Waals surface area (Å²) in [7, 11) is 0. The minimum absolute atomic E-state index is 0.0866. The van der Waals surface area contributed by atoms with E-state index >= 15 is 0 Å². The number of aromatic nitrogens is 1. The quantitative estimate of drug-likeness (QED) is 0.537. The van der Waals surface area contributed by atoms with E-state index in [9.17, 15) is 9.90 Å². The molecule has 3 rings (SSSR count). The Morgan fingerprint density at radius 2 is 2.09 bits per heavy atom. The van der Waals surface area contributed by atoms with E-state index in [1.54, 1.807) is 6.07 Å². The fourth-order valence-electron chi connectivity index (χ4n) is 3.59. The molecule has 1 fully saturated rings. The van der Waals surface area contributed by atoms with E-state index in [-0.39, 0.29) is 17.9 Å². The van der Waals surface area contributed by atoms with Crippen LogP contribution < -0.4 is 4.74 Å². The second kappa shape index (κ2) is 12.1. The monoisotopic (exact) mass is 495 g/mol. The highest BCUT2D eigenvalue weighted by atomic mass is 35.5. The van der Waals surface area contributed by atoms with Gasteiger partial charge in [0, 0.05) is 55.1 Å². The number of carbonyl (C=O) groups excluding carboxylic acids is 1. The van der Waals surface area contributed by atoms with Gasteiger partial charge in [0.15, 0.2) is 0 Å². The van der Waals surface area contributed by atoms with Crippen LogP contribution in [-0.2, 0) is 29.3 Å². The molecule has 0 aliphatic carbocycles. The van der Waals surface area contributed by atoms with Crippen LogP contribution in [0.1, 0.15) is 43.5 Å². The molecule has 1 aliphatic rings. The van der Waals surface area contributed by atoms with Crippen molar-refractivity contribution in [3.05, 3.63) is 44.9 Å². The number of thiazole rings is 1. The summed E-state index contributed by atoms with van der Waals surface area (Å²) in [5, 5.41) is 12.4. The molecule has 1 aromatic carbocycles. The molecule has 0 unspecified atom stereocenters. The van der Waals surface area contributed by atoms with Crippen LogP contribution in [-0.4, -0.2) is 65.2 Å². The van der Waals surface area contributed by atoms with Crippen molar-refractivity contribution in [2.24, 2.45) is 5.41 Å². The van der Waals surface area contributed by atoms with Crippen LogP contribution in [0.2, 0.25) is 5.02 Å². The summed E-state index contributed by atoms with van der Waals surface area (Å²) in [6.45, 7) is 11.5. The fourth-order valence-corrected chi connectivity index (χ4v) is 4.48. The number of amides is 1. The molecule has 2 aromatic rings. The maximum absolute atomic E-state index is 13.2. The summed E-state index contributed by atoms with van der Waals surface area (Å²) < 4.78 is 11.5. The van der Waals surface area contributed by atoms with E-state index in [2.05, 4.69) is 30.7 Å². The molecular formula is C24H34ClN3O4S. The summed E-state index contributed by atoms with van der Waals surface area (Å²) in [5.41, 5.74) is 1.40. The van der Waals surface area contributed by atoms with Gasteiger partial charge in [-0.3, -0.25) is 9.69 Å².